The Bertz CT molecular complexity index is 611. The second-order valence-corrected chi connectivity index (χ2v) is 6.04. The molecular formula is C16H20N2O2S. The highest BCUT2D eigenvalue weighted by Crippen LogP contribution is 2.23. The van der Waals surface area contributed by atoms with Crippen LogP contribution in [-0.2, 0) is 6.42 Å². The van der Waals surface area contributed by atoms with E-state index >= 15 is 0 Å². The lowest BCUT2D eigenvalue weighted by Gasteiger charge is -2.25. The Hall–Kier alpha value is -2.01. The number of carbonyl (C=O) groups excluding carboxylic acids is 1. The fraction of sp³-hybridized carbons (Fsp3) is 0.312. The van der Waals surface area contributed by atoms with Gasteiger partial charge in [-0.25, -0.2) is 0 Å². The number of ether oxygens (including phenoxy) is 1. The summed E-state index contributed by atoms with van der Waals surface area (Å²) in [5.74, 6) is 0.550. The molecule has 5 heteroatoms. The molecule has 2 aromatic rings. The minimum absolute atomic E-state index is 0.0339. The molecule has 1 atom stereocenters. The number of likely N-dealkylation sites (N-methyl/N-ethyl adjacent to an activating group) is 1. The Morgan fingerprint density at radius 3 is 2.76 bits per heavy atom. The van der Waals surface area contributed by atoms with Crippen LogP contribution in [0.25, 0.3) is 0 Å². The third-order valence-corrected chi connectivity index (χ3v) is 4.43. The van der Waals surface area contributed by atoms with Crippen LogP contribution >= 0.6 is 11.3 Å². The number of carbonyl (C=O) groups is 1. The van der Waals surface area contributed by atoms with Gasteiger partial charge in [0.05, 0.1) is 12.8 Å². The van der Waals surface area contributed by atoms with Gasteiger partial charge in [0.15, 0.2) is 0 Å². The van der Waals surface area contributed by atoms with Crippen molar-refractivity contribution < 1.29 is 9.53 Å². The van der Waals surface area contributed by atoms with Crippen molar-refractivity contribution in [1.29, 1.82) is 0 Å². The molecule has 0 bridgehead atoms. The summed E-state index contributed by atoms with van der Waals surface area (Å²) in [6.45, 7) is 2.05. The lowest BCUT2D eigenvalue weighted by Crippen LogP contribution is -2.36. The fourth-order valence-corrected chi connectivity index (χ4v) is 2.95. The molecule has 0 radical (unpaired) electrons. The number of nitrogen functional groups attached to an aromatic ring is 1. The molecule has 4 nitrogen and oxygen atoms in total. The van der Waals surface area contributed by atoms with Gasteiger partial charge in [-0.1, -0.05) is 6.07 Å². The van der Waals surface area contributed by atoms with E-state index in [0.717, 1.165) is 6.42 Å². The summed E-state index contributed by atoms with van der Waals surface area (Å²) >= 11 is 1.71. The molecule has 0 spiro atoms. The molecule has 0 fully saturated rings. The van der Waals surface area contributed by atoms with Crippen LogP contribution in [0.5, 0.6) is 5.75 Å². The predicted molar refractivity (Wildman–Crippen MR) is 87.0 cm³/mol. The van der Waals surface area contributed by atoms with Gasteiger partial charge >= 0.3 is 0 Å². The van der Waals surface area contributed by atoms with Crippen LogP contribution in [0.4, 0.5) is 5.69 Å². The smallest absolute Gasteiger partial charge is 0.253 e. The van der Waals surface area contributed by atoms with E-state index < -0.39 is 0 Å². The van der Waals surface area contributed by atoms with Gasteiger partial charge in [0.1, 0.15) is 5.75 Å². The normalized spacial score (nSPS) is 12.0. The fourth-order valence-electron chi connectivity index (χ4n) is 2.13. The molecule has 1 aromatic heterocycles. The first-order valence-corrected chi connectivity index (χ1v) is 7.64. The first-order valence-electron chi connectivity index (χ1n) is 6.76. The van der Waals surface area contributed by atoms with E-state index in [1.54, 1.807) is 41.5 Å². The van der Waals surface area contributed by atoms with Crippen molar-refractivity contribution >= 4 is 22.9 Å². The van der Waals surface area contributed by atoms with Crippen molar-refractivity contribution in [3.8, 4) is 5.75 Å². The number of nitrogens with two attached hydrogens (primary N) is 1. The topological polar surface area (TPSA) is 55.6 Å². The van der Waals surface area contributed by atoms with Crippen LogP contribution in [0.15, 0.2) is 35.7 Å². The highest BCUT2D eigenvalue weighted by molar-refractivity contribution is 7.09. The average Bonchev–Trinajstić information content (AvgIpc) is 2.98. The maximum Gasteiger partial charge on any atom is 0.253 e. The van der Waals surface area contributed by atoms with Gasteiger partial charge in [0, 0.05) is 30.0 Å². The van der Waals surface area contributed by atoms with E-state index in [9.17, 15) is 4.79 Å². The quantitative estimate of drug-likeness (QED) is 0.864. The van der Waals surface area contributed by atoms with E-state index in [1.165, 1.54) is 4.88 Å². The van der Waals surface area contributed by atoms with Crippen LogP contribution < -0.4 is 10.5 Å². The first kappa shape index (κ1) is 15.4. The van der Waals surface area contributed by atoms with Crippen LogP contribution in [0.3, 0.4) is 0 Å². The summed E-state index contributed by atoms with van der Waals surface area (Å²) in [4.78, 5) is 15.5. The zero-order chi connectivity index (χ0) is 15.4. The van der Waals surface area contributed by atoms with Crippen LogP contribution in [0.1, 0.15) is 22.2 Å². The number of benzene rings is 1. The van der Waals surface area contributed by atoms with Crippen molar-refractivity contribution in [3.05, 3.63) is 46.2 Å². The SMILES string of the molecule is COc1ccc(C(=O)N(C)C(C)Cc2cccs2)cc1N. The number of amides is 1. The summed E-state index contributed by atoms with van der Waals surface area (Å²) in [7, 11) is 3.38. The number of rotatable bonds is 5. The highest BCUT2D eigenvalue weighted by Gasteiger charge is 2.19. The molecule has 1 amide bonds. The van der Waals surface area contributed by atoms with E-state index in [-0.39, 0.29) is 11.9 Å². The minimum atomic E-state index is -0.0339. The number of hydrogen-bond donors (Lipinski definition) is 1. The Morgan fingerprint density at radius 1 is 1.43 bits per heavy atom. The van der Waals surface area contributed by atoms with Gasteiger partial charge in [-0.15, -0.1) is 11.3 Å². The molecule has 2 N–H and O–H groups in total. The second-order valence-electron chi connectivity index (χ2n) is 5.01. The van der Waals surface area contributed by atoms with Gasteiger partial charge in [0.25, 0.3) is 5.91 Å². The van der Waals surface area contributed by atoms with E-state index in [2.05, 4.69) is 6.07 Å². The molecule has 1 aromatic carbocycles. The lowest BCUT2D eigenvalue weighted by atomic mass is 10.1. The third-order valence-electron chi connectivity index (χ3n) is 3.53. The van der Waals surface area contributed by atoms with Crippen LogP contribution in [-0.4, -0.2) is 31.0 Å². The van der Waals surface area contributed by atoms with Crippen molar-refractivity contribution in [3.63, 3.8) is 0 Å². The molecule has 0 saturated carbocycles. The first-order chi connectivity index (χ1) is 10.0. The maximum absolute atomic E-state index is 12.5. The van der Waals surface area contributed by atoms with Crippen molar-refractivity contribution in [1.82, 2.24) is 4.90 Å². The van der Waals surface area contributed by atoms with Crippen molar-refractivity contribution in [2.45, 2.75) is 19.4 Å². The monoisotopic (exact) mass is 304 g/mol. The molecular weight excluding hydrogens is 284 g/mol. The van der Waals surface area contributed by atoms with Crippen molar-refractivity contribution in [2.24, 2.45) is 0 Å². The highest BCUT2D eigenvalue weighted by atomic mass is 32.1. The number of anilines is 1. The number of methoxy groups -OCH3 is 1. The second kappa shape index (κ2) is 6.63. The molecule has 2 rings (SSSR count). The number of thiophene rings is 1. The Kier molecular flexibility index (Phi) is 4.85. The minimum Gasteiger partial charge on any atom is -0.495 e. The van der Waals surface area contributed by atoms with E-state index in [1.807, 2.05) is 25.4 Å². The summed E-state index contributed by atoms with van der Waals surface area (Å²) in [6, 6.07) is 9.37. The summed E-state index contributed by atoms with van der Waals surface area (Å²) in [5, 5.41) is 2.05. The molecule has 21 heavy (non-hydrogen) atoms. The molecule has 1 unspecified atom stereocenters. The Labute approximate surface area is 129 Å². The van der Waals surface area contributed by atoms with Crippen molar-refractivity contribution in [2.75, 3.05) is 19.9 Å². The number of hydrogen-bond acceptors (Lipinski definition) is 4. The molecule has 1 heterocycles. The maximum atomic E-state index is 12.5. The largest absolute Gasteiger partial charge is 0.495 e. The Morgan fingerprint density at radius 2 is 2.19 bits per heavy atom. The summed E-state index contributed by atoms with van der Waals surface area (Å²) in [5.41, 5.74) is 6.91. The zero-order valence-electron chi connectivity index (χ0n) is 12.5. The van der Waals surface area contributed by atoms with Gasteiger partial charge in [0.2, 0.25) is 0 Å². The van der Waals surface area contributed by atoms with Gasteiger partial charge in [-0.05, 0) is 36.6 Å². The predicted octanol–water partition coefficient (Wildman–Crippen LogP) is 3.04. The molecule has 0 saturated heterocycles. The van der Waals surface area contributed by atoms with E-state index in [0.29, 0.717) is 17.0 Å². The van der Waals surface area contributed by atoms with Gasteiger partial charge < -0.3 is 15.4 Å². The number of nitrogens with zero attached hydrogens (tertiary/aromatic N) is 1. The van der Waals surface area contributed by atoms with Gasteiger partial charge in [-0.3, -0.25) is 4.79 Å². The van der Waals surface area contributed by atoms with Gasteiger partial charge in [-0.2, -0.15) is 0 Å². The summed E-state index contributed by atoms with van der Waals surface area (Å²) < 4.78 is 5.11. The van der Waals surface area contributed by atoms with Crippen LogP contribution in [0.2, 0.25) is 0 Å². The van der Waals surface area contributed by atoms with Crippen LogP contribution in [0, 0.1) is 0 Å². The standard InChI is InChI=1S/C16H20N2O2S/c1-11(9-13-5-4-8-21-13)18(2)16(19)12-6-7-15(20-3)14(17)10-12/h4-8,10-11H,9,17H2,1-3H3. The third kappa shape index (κ3) is 3.55. The average molecular weight is 304 g/mol. The Balaban J connectivity index is 2.09. The molecule has 0 aliphatic rings. The summed E-state index contributed by atoms with van der Waals surface area (Å²) in [6.07, 6.45) is 0.853. The lowest BCUT2D eigenvalue weighted by molar-refractivity contribution is 0.0744. The zero-order valence-corrected chi connectivity index (χ0v) is 13.3. The molecule has 0 aliphatic heterocycles. The molecule has 112 valence electrons. The molecule has 0 aliphatic carbocycles. The van der Waals surface area contributed by atoms with E-state index in [4.69, 9.17) is 10.5 Å².